The summed E-state index contributed by atoms with van der Waals surface area (Å²) < 4.78 is 34.0. The van der Waals surface area contributed by atoms with Crippen LogP contribution in [0.15, 0.2) is 77.7 Å². The minimum Gasteiger partial charge on any atom is -0.497 e. The number of ether oxygens (including phenoxy) is 1. The molecule has 0 fully saturated rings. The summed E-state index contributed by atoms with van der Waals surface area (Å²) in [7, 11) is 0.859. The van der Waals surface area contributed by atoms with Crippen molar-refractivity contribution in [2.24, 2.45) is 5.92 Å². The number of para-hydroxylation sites is 1. The molecule has 0 aliphatic rings. The molecule has 3 rings (SSSR count). The Labute approximate surface area is 274 Å². The average molecular weight is 653 g/mol. The third-order valence-electron chi connectivity index (χ3n) is 7.68. The Bertz CT molecular complexity index is 1520. The van der Waals surface area contributed by atoms with Gasteiger partial charge in [-0.15, -0.1) is 0 Å². The van der Waals surface area contributed by atoms with Gasteiger partial charge in [-0.1, -0.05) is 62.4 Å². The lowest BCUT2D eigenvalue weighted by molar-refractivity contribution is -0.127. The number of hydrogen-bond acceptors (Lipinski definition) is 7. The Balaban J connectivity index is 1.91. The summed E-state index contributed by atoms with van der Waals surface area (Å²) in [5.41, 5.74) is 3.51. The fourth-order valence-electron chi connectivity index (χ4n) is 5.31. The lowest BCUT2D eigenvalue weighted by Gasteiger charge is -2.32. The molecule has 0 aliphatic heterocycles. The molecule has 0 spiro atoms. The van der Waals surface area contributed by atoms with Gasteiger partial charge in [-0.05, 0) is 67.1 Å². The van der Waals surface area contributed by atoms with Gasteiger partial charge in [0.2, 0.25) is 21.8 Å². The molecule has 46 heavy (non-hydrogen) atoms. The van der Waals surface area contributed by atoms with E-state index < -0.39 is 28.1 Å². The summed E-state index contributed by atoms with van der Waals surface area (Å²) in [6.07, 6.45) is -0.973. The summed E-state index contributed by atoms with van der Waals surface area (Å²) in [6, 6.07) is 20.5. The molecular weight excluding hydrogens is 604 g/mol. The number of carbonyl (C=O) groups is 2. The fraction of sp³-hybridized carbons (Fsp3) is 0.429. The summed E-state index contributed by atoms with van der Waals surface area (Å²) in [5, 5.41) is 14.6. The highest BCUT2D eigenvalue weighted by molar-refractivity contribution is 7.89. The molecule has 0 unspecified atom stereocenters. The van der Waals surface area contributed by atoms with Crippen LogP contribution >= 0.6 is 0 Å². The van der Waals surface area contributed by atoms with Gasteiger partial charge in [-0.2, -0.15) is 4.31 Å². The Kier molecular flexibility index (Phi) is 13.2. The Morgan fingerprint density at radius 3 is 2.02 bits per heavy atom. The zero-order valence-corrected chi connectivity index (χ0v) is 28.8. The van der Waals surface area contributed by atoms with E-state index in [1.54, 1.807) is 31.1 Å². The topological polar surface area (TPSA) is 119 Å². The first-order valence-electron chi connectivity index (χ1n) is 15.4. The average Bonchev–Trinajstić information content (AvgIpc) is 3.00. The molecule has 2 atom stereocenters. The number of amides is 2. The lowest BCUT2D eigenvalue weighted by Crippen LogP contribution is -2.53. The van der Waals surface area contributed by atoms with E-state index in [2.05, 4.69) is 5.32 Å². The minimum absolute atomic E-state index is 0.0136. The quantitative estimate of drug-likeness (QED) is 0.243. The zero-order valence-electron chi connectivity index (χ0n) is 27.9. The van der Waals surface area contributed by atoms with Crippen molar-refractivity contribution in [3.05, 3.63) is 89.5 Å². The highest BCUT2D eigenvalue weighted by Crippen LogP contribution is 2.25. The van der Waals surface area contributed by atoms with Crippen LogP contribution in [0, 0.1) is 19.8 Å². The van der Waals surface area contributed by atoms with Crippen LogP contribution < -0.4 is 15.0 Å². The van der Waals surface area contributed by atoms with E-state index in [1.807, 2.05) is 76.2 Å². The number of carbonyl (C=O) groups excluding carboxylic acids is 2. The first kappa shape index (κ1) is 36.5. The normalized spacial score (nSPS) is 12.9. The predicted octanol–water partition coefficient (Wildman–Crippen LogP) is 3.64. The van der Waals surface area contributed by atoms with E-state index in [-0.39, 0.29) is 49.3 Å². The number of methoxy groups -OCH3 is 1. The van der Waals surface area contributed by atoms with Gasteiger partial charge < -0.3 is 25.0 Å². The standard InChI is InChI=1S/C35H48N4O6S/c1-25(2)21-39(46(43,44)30-18-16-29(45-7)17-19-30)22-32(40)31(20-28-14-9-8-10-15-28)36-33(41)23-38(24-34(42)37(5)6)35-26(3)12-11-13-27(35)4/h8-19,25,31-32,40H,20-24H2,1-7H3,(H,36,41)/t31-,32+/m0/s1. The summed E-state index contributed by atoms with van der Waals surface area (Å²) in [5.74, 6) is -0.0585. The molecule has 10 nitrogen and oxygen atoms in total. The van der Waals surface area contributed by atoms with Crippen LogP contribution in [0.4, 0.5) is 5.69 Å². The highest BCUT2D eigenvalue weighted by Gasteiger charge is 2.32. The number of nitrogens with zero attached hydrogens (tertiary/aromatic N) is 3. The molecule has 3 aromatic rings. The van der Waals surface area contributed by atoms with Crippen LogP contribution in [0.1, 0.15) is 30.5 Å². The van der Waals surface area contributed by atoms with Gasteiger partial charge in [0, 0.05) is 32.9 Å². The molecule has 3 aromatic carbocycles. The van der Waals surface area contributed by atoms with Crippen molar-refractivity contribution in [1.82, 2.24) is 14.5 Å². The maximum absolute atomic E-state index is 13.8. The second-order valence-electron chi connectivity index (χ2n) is 12.2. The molecule has 0 heterocycles. The molecule has 0 aliphatic carbocycles. The highest BCUT2D eigenvalue weighted by atomic mass is 32.2. The monoisotopic (exact) mass is 652 g/mol. The second-order valence-corrected chi connectivity index (χ2v) is 14.1. The largest absolute Gasteiger partial charge is 0.497 e. The zero-order chi connectivity index (χ0) is 34.0. The molecule has 11 heteroatoms. The van der Waals surface area contributed by atoms with Crippen molar-refractivity contribution in [3.8, 4) is 5.75 Å². The number of rotatable bonds is 16. The second kappa shape index (κ2) is 16.6. The number of nitrogens with one attached hydrogen (secondary N) is 1. The summed E-state index contributed by atoms with van der Waals surface area (Å²) in [4.78, 5) is 29.8. The fourth-order valence-corrected chi connectivity index (χ4v) is 6.93. The molecule has 0 saturated heterocycles. The number of aliphatic hydroxyl groups is 1. The van der Waals surface area contributed by atoms with Crippen LogP contribution in [0.3, 0.4) is 0 Å². The van der Waals surface area contributed by atoms with E-state index in [4.69, 9.17) is 4.74 Å². The summed E-state index contributed by atoms with van der Waals surface area (Å²) >= 11 is 0. The number of aliphatic hydroxyl groups excluding tert-OH is 1. The third-order valence-corrected chi connectivity index (χ3v) is 9.53. The van der Waals surface area contributed by atoms with E-state index in [0.29, 0.717) is 5.75 Å². The molecule has 250 valence electrons. The maximum atomic E-state index is 13.8. The van der Waals surface area contributed by atoms with Gasteiger partial charge in [0.05, 0.1) is 37.2 Å². The smallest absolute Gasteiger partial charge is 0.243 e. The first-order valence-corrected chi connectivity index (χ1v) is 16.8. The van der Waals surface area contributed by atoms with Crippen molar-refractivity contribution in [2.45, 2.75) is 51.2 Å². The molecule has 2 N–H and O–H groups in total. The third kappa shape index (κ3) is 10.0. The molecule has 0 saturated carbocycles. The first-order chi connectivity index (χ1) is 21.7. The summed E-state index contributed by atoms with van der Waals surface area (Å²) in [6.45, 7) is 7.47. The molecule has 0 bridgehead atoms. The van der Waals surface area contributed by atoms with Gasteiger partial charge in [0.25, 0.3) is 0 Å². The van der Waals surface area contributed by atoms with Crippen LogP contribution in [-0.2, 0) is 26.0 Å². The van der Waals surface area contributed by atoms with Crippen LogP contribution in [0.5, 0.6) is 5.75 Å². The van der Waals surface area contributed by atoms with Gasteiger partial charge in [0.15, 0.2) is 0 Å². The van der Waals surface area contributed by atoms with Crippen molar-refractivity contribution < 1.29 is 27.9 Å². The number of anilines is 1. The van der Waals surface area contributed by atoms with Gasteiger partial charge in [-0.25, -0.2) is 8.42 Å². The number of sulfonamides is 1. The molecule has 2 amide bonds. The minimum atomic E-state index is -3.98. The molecule has 0 radical (unpaired) electrons. The van der Waals surface area contributed by atoms with E-state index in [9.17, 15) is 23.1 Å². The van der Waals surface area contributed by atoms with Crippen molar-refractivity contribution in [1.29, 1.82) is 0 Å². The Morgan fingerprint density at radius 1 is 0.870 bits per heavy atom. The van der Waals surface area contributed by atoms with E-state index >= 15 is 0 Å². The number of likely N-dealkylation sites (N-methyl/N-ethyl adjacent to an activating group) is 1. The maximum Gasteiger partial charge on any atom is 0.243 e. The van der Waals surface area contributed by atoms with Crippen molar-refractivity contribution in [2.75, 3.05) is 52.3 Å². The molecule has 0 aromatic heterocycles. The van der Waals surface area contributed by atoms with Crippen LogP contribution in [0.25, 0.3) is 0 Å². The van der Waals surface area contributed by atoms with Gasteiger partial charge in [0.1, 0.15) is 5.75 Å². The predicted molar refractivity (Wildman–Crippen MR) is 181 cm³/mol. The van der Waals surface area contributed by atoms with E-state index in [1.165, 1.54) is 28.4 Å². The van der Waals surface area contributed by atoms with Crippen molar-refractivity contribution >= 4 is 27.5 Å². The Morgan fingerprint density at radius 2 is 1.48 bits per heavy atom. The van der Waals surface area contributed by atoms with Crippen LogP contribution in [0.2, 0.25) is 0 Å². The lowest BCUT2D eigenvalue weighted by atomic mass is 10.0. The van der Waals surface area contributed by atoms with Crippen LogP contribution in [-0.4, -0.2) is 94.1 Å². The number of aryl methyl sites for hydroxylation is 2. The Hall–Kier alpha value is -3.93. The van der Waals surface area contributed by atoms with Crippen molar-refractivity contribution in [3.63, 3.8) is 0 Å². The SMILES string of the molecule is COc1ccc(S(=O)(=O)N(CC(C)C)C[C@@H](O)[C@H](Cc2ccccc2)NC(=O)CN(CC(=O)N(C)C)c2c(C)cccc2C)cc1. The molecular formula is C35H48N4O6S. The van der Waals surface area contributed by atoms with Gasteiger partial charge >= 0.3 is 0 Å². The number of hydrogen-bond donors (Lipinski definition) is 2. The van der Waals surface area contributed by atoms with Gasteiger partial charge in [-0.3, -0.25) is 9.59 Å². The number of benzene rings is 3. The van der Waals surface area contributed by atoms with E-state index in [0.717, 1.165) is 22.4 Å².